The maximum absolute atomic E-state index is 11.5. The van der Waals surface area contributed by atoms with E-state index in [0.717, 1.165) is 12.8 Å². The Morgan fingerprint density at radius 3 is 2.67 bits per heavy atom. The van der Waals surface area contributed by atoms with E-state index in [1.807, 2.05) is 6.92 Å². The highest BCUT2D eigenvalue weighted by Crippen LogP contribution is 2.25. The molecule has 1 aromatic rings. The lowest BCUT2D eigenvalue weighted by Gasteiger charge is -2.10. The second-order valence-electron chi connectivity index (χ2n) is 4.08. The van der Waals surface area contributed by atoms with Crippen LogP contribution in [0.2, 0.25) is 0 Å². The summed E-state index contributed by atoms with van der Waals surface area (Å²) in [4.78, 5) is 27.4. The Labute approximate surface area is 111 Å². The SMILES string of the molecule is CCCC(C)Nc1nc(C(=O)OC)c(C(C)=O)s1. The molecule has 1 unspecified atom stereocenters. The van der Waals surface area contributed by atoms with E-state index in [0.29, 0.717) is 10.0 Å². The maximum atomic E-state index is 11.5. The van der Waals surface area contributed by atoms with Crippen LogP contribution in [0.25, 0.3) is 0 Å². The molecule has 0 saturated heterocycles. The number of ether oxygens (including phenoxy) is 1. The van der Waals surface area contributed by atoms with Crippen molar-refractivity contribution in [3.8, 4) is 0 Å². The van der Waals surface area contributed by atoms with Gasteiger partial charge in [-0.25, -0.2) is 9.78 Å². The molecule has 1 heterocycles. The van der Waals surface area contributed by atoms with Gasteiger partial charge in [0.2, 0.25) is 0 Å². The highest BCUT2D eigenvalue weighted by molar-refractivity contribution is 7.17. The molecule has 6 heteroatoms. The summed E-state index contributed by atoms with van der Waals surface area (Å²) >= 11 is 1.19. The topological polar surface area (TPSA) is 68.3 Å². The molecule has 1 aromatic heterocycles. The Balaban J connectivity index is 2.95. The van der Waals surface area contributed by atoms with Crippen molar-refractivity contribution in [2.24, 2.45) is 0 Å². The van der Waals surface area contributed by atoms with Crippen molar-refractivity contribution < 1.29 is 14.3 Å². The van der Waals surface area contributed by atoms with Crippen molar-refractivity contribution in [1.29, 1.82) is 0 Å². The van der Waals surface area contributed by atoms with E-state index < -0.39 is 5.97 Å². The van der Waals surface area contributed by atoms with Crippen molar-refractivity contribution >= 4 is 28.2 Å². The Bertz CT molecular complexity index is 443. The fourth-order valence-electron chi connectivity index (χ4n) is 1.57. The predicted octanol–water partition coefficient (Wildman–Crippen LogP) is 2.73. The number of nitrogens with one attached hydrogen (secondary N) is 1. The molecular formula is C12H18N2O3S. The van der Waals surface area contributed by atoms with Gasteiger partial charge >= 0.3 is 5.97 Å². The van der Waals surface area contributed by atoms with E-state index >= 15 is 0 Å². The van der Waals surface area contributed by atoms with Crippen molar-refractivity contribution in [2.45, 2.75) is 39.7 Å². The molecule has 100 valence electrons. The highest BCUT2D eigenvalue weighted by atomic mass is 32.1. The van der Waals surface area contributed by atoms with Crippen LogP contribution in [0.15, 0.2) is 0 Å². The molecule has 0 aliphatic rings. The first-order chi connectivity index (χ1) is 8.49. The number of thiazole rings is 1. The Morgan fingerprint density at radius 2 is 2.17 bits per heavy atom. The molecule has 0 amide bonds. The van der Waals surface area contributed by atoms with Gasteiger partial charge in [-0.1, -0.05) is 24.7 Å². The molecule has 1 rings (SSSR count). The van der Waals surface area contributed by atoms with Crippen molar-refractivity contribution in [3.05, 3.63) is 10.6 Å². The molecule has 1 N–H and O–H groups in total. The van der Waals surface area contributed by atoms with Crippen LogP contribution in [0.4, 0.5) is 5.13 Å². The maximum Gasteiger partial charge on any atom is 0.358 e. The Hall–Kier alpha value is -1.43. The zero-order valence-corrected chi connectivity index (χ0v) is 11.9. The lowest BCUT2D eigenvalue weighted by atomic mass is 10.2. The average Bonchev–Trinajstić information content (AvgIpc) is 2.72. The van der Waals surface area contributed by atoms with Gasteiger partial charge in [-0.2, -0.15) is 0 Å². The first kappa shape index (κ1) is 14.6. The summed E-state index contributed by atoms with van der Waals surface area (Å²) in [5, 5.41) is 3.77. The van der Waals surface area contributed by atoms with Gasteiger partial charge < -0.3 is 10.1 Å². The van der Waals surface area contributed by atoms with Gasteiger partial charge in [0.15, 0.2) is 16.6 Å². The van der Waals surface area contributed by atoms with Crippen LogP contribution >= 0.6 is 11.3 Å². The standard InChI is InChI=1S/C12H18N2O3S/c1-5-6-7(2)13-12-14-9(11(16)17-4)10(18-12)8(3)15/h7H,5-6H2,1-4H3,(H,13,14). The molecule has 0 bridgehead atoms. The smallest absolute Gasteiger partial charge is 0.358 e. The fourth-order valence-corrected chi connectivity index (χ4v) is 2.53. The number of methoxy groups -OCH3 is 1. The number of nitrogens with zero attached hydrogens (tertiary/aromatic N) is 1. The molecule has 18 heavy (non-hydrogen) atoms. The van der Waals surface area contributed by atoms with Gasteiger partial charge in [0.1, 0.15) is 4.88 Å². The van der Waals surface area contributed by atoms with Crippen molar-refractivity contribution in [1.82, 2.24) is 4.98 Å². The van der Waals surface area contributed by atoms with Crippen LogP contribution in [0, 0.1) is 0 Å². The molecule has 0 radical (unpaired) electrons. The highest BCUT2D eigenvalue weighted by Gasteiger charge is 2.22. The van der Waals surface area contributed by atoms with Crippen molar-refractivity contribution in [3.63, 3.8) is 0 Å². The Morgan fingerprint density at radius 1 is 1.50 bits per heavy atom. The van der Waals surface area contributed by atoms with Crippen LogP contribution < -0.4 is 5.32 Å². The first-order valence-corrected chi connectivity index (χ1v) is 6.67. The van der Waals surface area contributed by atoms with Gasteiger partial charge in [0.25, 0.3) is 0 Å². The summed E-state index contributed by atoms with van der Waals surface area (Å²) in [7, 11) is 1.28. The zero-order valence-electron chi connectivity index (χ0n) is 11.1. The molecule has 5 nitrogen and oxygen atoms in total. The lowest BCUT2D eigenvalue weighted by Crippen LogP contribution is -2.14. The largest absolute Gasteiger partial charge is 0.464 e. The molecule has 1 atom stereocenters. The molecule has 0 saturated carbocycles. The molecular weight excluding hydrogens is 252 g/mol. The minimum absolute atomic E-state index is 0.0983. The molecule has 0 aliphatic carbocycles. The number of hydrogen-bond acceptors (Lipinski definition) is 6. The second-order valence-corrected chi connectivity index (χ2v) is 5.08. The zero-order chi connectivity index (χ0) is 13.7. The number of rotatable bonds is 6. The van der Waals surface area contributed by atoms with Crippen LogP contribution in [-0.2, 0) is 4.74 Å². The quantitative estimate of drug-likeness (QED) is 0.636. The van der Waals surface area contributed by atoms with E-state index in [1.165, 1.54) is 25.4 Å². The average molecular weight is 270 g/mol. The summed E-state index contributed by atoms with van der Waals surface area (Å²) < 4.78 is 4.62. The van der Waals surface area contributed by atoms with E-state index in [4.69, 9.17) is 0 Å². The lowest BCUT2D eigenvalue weighted by molar-refractivity contribution is 0.0591. The fraction of sp³-hybridized carbons (Fsp3) is 0.583. The molecule has 0 aliphatic heterocycles. The van der Waals surface area contributed by atoms with Gasteiger partial charge in [0, 0.05) is 13.0 Å². The Kier molecular flexibility index (Phi) is 5.27. The summed E-state index contributed by atoms with van der Waals surface area (Å²) in [5.74, 6) is -0.753. The normalized spacial score (nSPS) is 12.0. The third-order valence-electron chi connectivity index (χ3n) is 2.42. The van der Waals surface area contributed by atoms with Crippen LogP contribution in [0.1, 0.15) is 53.8 Å². The van der Waals surface area contributed by atoms with Crippen LogP contribution in [-0.4, -0.2) is 29.9 Å². The molecule has 0 spiro atoms. The number of hydrogen-bond donors (Lipinski definition) is 1. The van der Waals surface area contributed by atoms with E-state index in [9.17, 15) is 9.59 Å². The van der Waals surface area contributed by atoms with Crippen LogP contribution in [0.5, 0.6) is 0 Å². The minimum Gasteiger partial charge on any atom is -0.464 e. The monoisotopic (exact) mass is 270 g/mol. The first-order valence-electron chi connectivity index (χ1n) is 5.86. The molecule has 0 aromatic carbocycles. The number of carbonyl (C=O) groups excluding carboxylic acids is 2. The van der Waals surface area contributed by atoms with Gasteiger partial charge in [-0.3, -0.25) is 4.79 Å². The number of carbonyl (C=O) groups is 2. The van der Waals surface area contributed by atoms with Gasteiger partial charge in [-0.05, 0) is 13.3 Å². The summed E-state index contributed by atoms with van der Waals surface area (Å²) in [5.41, 5.74) is 0.0983. The summed E-state index contributed by atoms with van der Waals surface area (Å²) in [6, 6.07) is 0.256. The van der Waals surface area contributed by atoms with Gasteiger partial charge in [0.05, 0.1) is 7.11 Å². The number of ketones is 1. The summed E-state index contributed by atoms with van der Waals surface area (Å²) in [6.07, 6.45) is 2.06. The van der Waals surface area contributed by atoms with E-state index in [2.05, 4.69) is 22.0 Å². The molecule has 0 fully saturated rings. The third kappa shape index (κ3) is 3.53. The van der Waals surface area contributed by atoms with Gasteiger partial charge in [-0.15, -0.1) is 0 Å². The number of Topliss-reactive ketones (excluding diaryl/α,β-unsaturated/α-hetero) is 1. The summed E-state index contributed by atoms with van der Waals surface area (Å²) in [6.45, 7) is 5.55. The number of anilines is 1. The van der Waals surface area contributed by atoms with E-state index in [-0.39, 0.29) is 17.5 Å². The predicted molar refractivity (Wildman–Crippen MR) is 71.5 cm³/mol. The van der Waals surface area contributed by atoms with E-state index in [1.54, 1.807) is 0 Å². The number of esters is 1. The number of aromatic nitrogens is 1. The van der Waals surface area contributed by atoms with Crippen LogP contribution in [0.3, 0.4) is 0 Å². The minimum atomic E-state index is -0.576. The third-order valence-corrected chi connectivity index (χ3v) is 3.50. The van der Waals surface area contributed by atoms with Crippen molar-refractivity contribution in [2.75, 3.05) is 12.4 Å². The second kappa shape index (κ2) is 6.49.